The third-order valence-corrected chi connectivity index (χ3v) is 4.34. The van der Waals surface area contributed by atoms with Gasteiger partial charge in [-0.15, -0.1) is 11.3 Å². The van der Waals surface area contributed by atoms with Gasteiger partial charge < -0.3 is 9.64 Å². The van der Waals surface area contributed by atoms with Crippen LogP contribution in [0.5, 0.6) is 0 Å². The summed E-state index contributed by atoms with van der Waals surface area (Å²) < 4.78 is 4.75. The minimum atomic E-state index is -0.340. The van der Waals surface area contributed by atoms with Crippen molar-refractivity contribution in [2.45, 2.75) is 27.2 Å². The second-order valence-corrected chi connectivity index (χ2v) is 6.43. The maximum absolute atomic E-state index is 11.6. The summed E-state index contributed by atoms with van der Waals surface area (Å²) in [5.74, 6) is 1.02. The van der Waals surface area contributed by atoms with Gasteiger partial charge in [-0.1, -0.05) is 13.8 Å². The van der Waals surface area contributed by atoms with E-state index in [-0.39, 0.29) is 5.97 Å². The normalized spacial score (nSPS) is 24.1. The Morgan fingerprint density at radius 3 is 2.56 bits per heavy atom. The lowest BCUT2D eigenvalue weighted by atomic mass is 9.92. The summed E-state index contributed by atoms with van der Waals surface area (Å²) >= 11 is 1.58. The molecule has 0 aliphatic carbocycles. The van der Waals surface area contributed by atoms with Gasteiger partial charge in [0.1, 0.15) is 0 Å². The van der Waals surface area contributed by atoms with E-state index in [0.29, 0.717) is 17.5 Å². The van der Waals surface area contributed by atoms with E-state index in [1.165, 1.54) is 13.5 Å². The number of hydrogen-bond acceptors (Lipinski definition) is 5. The number of piperidine rings is 1. The number of ether oxygens (including phenoxy) is 1. The molecule has 2 rings (SSSR count). The zero-order valence-corrected chi connectivity index (χ0v) is 12.2. The number of hydrogen-bond donors (Lipinski definition) is 0. The number of anilines is 1. The molecule has 2 unspecified atom stereocenters. The number of methoxy groups -OCH3 is 1. The van der Waals surface area contributed by atoms with Crippen molar-refractivity contribution in [3.8, 4) is 0 Å². The minimum Gasteiger partial charge on any atom is -0.464 e. The maximum Gasteiger partial charge on any atom is 0.357 e. The predicted molar refractivity (Wildman–Crippen MR) is 73.3 cm³/mol. The largest absolute Gasteiger partial charge is 0.464 e. The first-order valence-corrected chi connectivity index (χ1v) is 7.13. The molecule has 0 N–H and O–H groups in total. The maximum atomic E-state index is 11.6. The van der Waals surface area contributed by atoms with Gasteiger partial charge in [0.15, 0.2) is 10.8 Å². The first-order chi connectivity index (χ1) is 8.51. The predicted octanol–water partition coefficient (Wildman–Crippen LogP) is 2.72. The Bertz CT molecular complexity index is 434. The fourth-order valence-corrected chi connectivity index (χ4v) is 3.54. The lowest BCUT2D eigenvalue weighted by molar-refractivity contribution is 0.0594. The van der Waals surface area contributed by atoms with Crippen LogP contribution in [0.15, 0.2) is 0 Å². The number of thiazole rings is 1. The van der Waals surface area contributed by atoms with Crippen LogP contribution in [0.4, 0.5) is 5.13 Å². The summed E-state index contributed by atoms with van der Waals surface area (Å²) in [6.07, 6.45) is 1.27. The van der Waals surface area contributed by atoms with E-state index < -0.39 is 0 Å². The molecule has 4 nitrogen and oxygen atoms in total. The van der Waals surface area contributed by atoms with Crippen molar-refractivity contribution < 1.29 is 9.53 Å². The average Bonchev–Trinajstić information content (AvgIpc) is 2.69. The molecular formula is C13H20N2O2S. The number of nitrogens with zero attached hydrogens (tertiary/aromatic N) is 2. The van der Waals surface area contributed by atoms with Gasteiger partial charge in [0.25, 0.3) is 0 Å². The molecule has 1 aromatic rings. The molecule has 5 heteroatoms. The van der Waals surface area contributed by atoms with Crippen molar-refractivity contribution in [3.05, 3.63) is 10.6 Å². The Balaban J connectivity index is 2.21. The van der Waals surface area contributed by atoms with Crippen LogP contribution in [-0.4, -0.2) is 31.2 Å². The summed E-state index contributed by atoms with van der Waals surface area (Å²) in [7, 11) is 1.39. The van der Waals surface area contributed by atoms with E-state index >= 15 is 0 Å². The fourth-order valence-electron chi connectivity index (χ4n) is 2.62. The van der Waals surface area contributed by atoms with Gasteiger partial charge in [-0.05, 0) is 25.2 Å². The molecule has 1 aliphatic rings. The van der Waals surface area contributed by atoms with Crippen LogP contribution in [0.1, 0.15) is 35.6 Å². The summed E-state index contributed by atoms with van der Waals surface area (Å²) in [5.41, 5.74) is 0.461. The van der Waals surface area contributed by atoms with Gasteiger partial charge in [-0.3, -0.25) is 0 Å². The molecule has 0 radical (unpaired) electrons. The van der Waals surface area contributed by atoms with Crippen LogP contribution in [0, 0.1) is 18.8 Å². The molecule has 1 aromatic heterocycles. The van der Waals surface area contributed by atoms with Crippen molar-refractivity contribution in [1.82, 2.24) is 4.98 Å². The van der Waals surface area contributed by atoms with Crippen molar-refractivity contribution >= 4 is 22.4 Å². The summed E-state index contributed by atoms with van der Waals surface area (Å²) in [6, 6.07) is 0. The van der Waals surface area contributed by atoms with Crippen molar-refractivity contribution in [2.24, 2.45) is 11.8 Å². The van der Waals surface area contributed by atoms with Gasteiger partial charge >= 0.3 is 5.97 Å². The molecule has 2 heterocycles. The van der Waals surface area contributed by atoms with Crippen LogP contribution in [0.25, 0.3) is 0 Å². The molecule has 1 saturated heterocycles. The average molecular weight is 268 g/mol. The highest BCUT2D eigenvalue weighted by atomic mass is 32.1. The molecule has 0 aromatic carbocycles. The molecule has 0 spiro atoms. The van der Waals surface area contributed by atoms with E-state index in [4.69, 9.17) is 4.74 Å². The molecule has 0 saturated carbocycles. The smallest absolute Gasteiger partial charge is 0.357 e. The number of carbonyl (C=O) groups is 1. The second-order valence-electron chi connectivity index (χ2n) is 5.24. The van der Waals surface area contributed by atoms with Crippen molar-refractivity contribution in [1.29, 1.82) is 0 Å². The zero-order valence-electron chi connectivity index (χ0n) is 11.4. The standard InChI is InChI=1S/C13H20N2O2S/c1-8-5-9(2)7-15(6-8)13-14-11(10(3)18-13)12(16)17-4/h8-9H,5-7H2,1-4H3. The third kappa shape index (κ3) is 2.66. The Kier molecular flexibility index (Phi) is 3.90. The van der Waals surface area contributed by atoms with Crippen molar-refractivity contribution in [2.75, 3.05) is 25.1 Å². The minimum absolute atomic E-state index is 0.340. The first-order valence-electron chi connectivity index (χ1n) is 6.32. The molecule has 1 fully saturated rings. The summed E-state index contributed by atoms with van der Waals surface area (Å²) in [4.78, 5) is 19.2. The second kappa shape index (κ2) is 5.26. The van der Waals surface area contributed by atoms with E-state index in [1.807, 2.05) is 6.92 Å². The highest BCUT2D eigenvalue weighted by Crippen LogP contribution is 2.31. The summed E-state index contributed by atoms with van der Waals surface area (Å²) in [5, 5.41) is 0.950. The first kappa shape index (κ1) is 13.3. The van der Waals surface area contributed by atoms with E-state index in [1.54, 1.807) is 11.3 Å². The molecule has 1 aliphatic heterocycles. The van der Waals surface area contributed by atoms with Gasteiger partial charge in [-0.2, -0.15) is 0 Å². The lowest BCUT2D eigenvalue weighted by Gasteiger charge is -2.34. The number of aromatic nitrogens is 1. The topological polar surface area (TPSA) is 42.4 Å². The Morgan fingerprint density at radius 1 is 1.39 bits per heavy atom. The molecule has 0 bridgehead atoms. The molecule has 2 atom stereocenters. The molecular weight excluding hydrogens is 248 g/mol. The molecule has 0 amide bonds. The van der Waals surface area contributed by atoms with Gasteiger partial charge in [-0.25, -0.2) is 9.78 Å². The number of aryl methyl sites for hydroxylation is 1. The van der Waals surface area contributed by atoms with Gasteiger partial charge in [0.2, 0.25) is 0 Å². The quantitative estimate of drug-likeness (QED) is 0.773. The summed E-state index contributed by atoms with van der Waals surface area (Å²) in [6.45, 7) is 8.51. The zero-order chi connectivity index (χ0) is 13.3. The number of carbonyl (C=O) groups excluding carboxylic acids is 1. The van der Waals surface area contributed by atoms with E-state index in [2.05, 4.69) is 23.7 Å². The third-order valence-electron chi connectivity index (χ3n) is 3.30. The number of esters is 1. The van der Waals surface area contributed by atoms with Gasteiger partial charge in [0, 0.05) is 18.0 Å². The van der Waals surface area contributed by atoms with Crippen LogP contribution < -0.4 is 4.90 Å². The van der Waals surface area contributed by atoms with Crippen LogP contribution >= 0.6 is 11.3 Å². The van der Waals surface area contributed by atoms with E-state index in [0.717, 1.165) is 23.1 Å². The Labute approximate surface area is 112 Å². The van der Waals surface area contributed by atoms with Crippen LogP contribution in [-0.2, 0) is 4.74 Å². The lowest BCUT2D eigenvalue weighted by Crippen LogP contribution is -2.38. The molecule has 18 heavy (non-hydrogen) atoms. The Hall–Kier alpha value is -1.10. The molecule has 100 valence electrons. The van der Waals surface area contributed by atoms with E-state index in [9.17, 15) is 4.79 Å². The Morgan fingerprint density at radius 2 is 2.00 bits per heavy atom. The SMILES string of the molecule is COC(=O)c1nc(N2CC(C)CC(C)C2)sc1C. The fraction of sp³-hybridized carbons (Fsp3) is 0.692. The highest BCUT2D eigenvalue weighted by Gasteiger charge is 2.25. The van der Waals surface area contributed by atoms with Crippen molar-refractivity contribution in [3.63, 3.8) is 0 Å². The number of rotatable bonds is 2. The van der Waals surface area contributed by atoms with Crippen LogP contribution in [0.3, 0.4) is 0 Å². The van der Waals surface area contributed by atoms with Gasteiger partial charge in [0.05, 0.1) is 7.11 Å². The monoisotopic (exact) mass is 268 g/mol. The highest BCUT2D eigenvalue weighted by molar-refractivity contribution is 7.15. The van der Waals surface area contributed by atoms with Crippen LogP contribution in [0.2, 0.25) is 0 Å².